The van der Waals surface area contributed by atoms with Crippen LogP contribution in [0.1, 0.15) is 0 Å². The third-order valence-electron chi connectivity index (χ3n) is 1.30. The van der Waals surface area contributed by atoms with Crippen LogP contribution in [0.4, 0.5) is 5.82 Å². The highest BCUT2D eigenvalue weighted by Crippen LogP contribution is 2.13. The topological polar surface area (TPSA) is 80.5 Å². The van der Waals surface area contributed by atoms with Gasteiger partial charge in [-0.2, -0.15) is 0 Å². The second kappa shape index (κ2) is 2.09. The summed E-state index contributed by atoms with van der Waals surface area (Å²) in [6.07, 6.45) is 1.52. The predicted molar refractivity (Wildman–Crippen MR) is 43.3 cm³/mol. The van der Waals surface area contributed by atoms with E-state index in [-0.39, 0.29) is 0 Å². The van der Waals surface area contributed by atoms with E-state index in [1.54, 1.807) is 0 Å². The van der Waals surface area contributed by atoms with Gasteiger partial charge in [0.1, 0.15) is 5.52 Å². The molecule has 2 aromatic heterocycles. The molecule has 0 saturated carbocycles. The number of hydrogen-bond acceptors (Lipinski definition) is 5. The van der Waals surface area contributed by atoms with Gasteiger partial charge in [-0.1, -0.05) is 0 Å². The van der Waals surface area contributed by atoms with Crippen LogP contribution in [0.25, 0.3) is 11.2 Å². The molecule has 0 saturated heterocycles. The summed E-state index contributed by atoms with van der Waals surface area (Å²) >= 11 is 3.95. The maximum absolute atomic E-state index is 5.53. The molecule has 0 radical (unpaired) electrons. The lowest BCUT2D eigenvalue weighted by Gasteiger charge is -1.93. The monoisotopic (exact) mass is 167 g/mol. The molecule has 2 heterocycles. The second-order valence-corrected chi connectivity index (χ2v) is 2.41. The minimum atomic E-state index is 0.335. The highest BCUT2D eigenvalue weighted by molar-refractivity contribution is 7.80. The maximum Gasteiger partial charge on any atom is 0.188 e. The Balaban J connectivity index is 2.91. The van der Waals surface area contributed by atoms with Crippen LogP contribution in [-0.2, 0) is 0 Å². The molecule has 2 rings (SSSR count). The number of rotatable bonds is 0. The van der Waals surface area contributed by atoms with Gasteiger partial charge >= 0.3 is 0 Å². The molecular weight excluding hydrogens is 162 g/mol. The molecule has 56 valence electrons. The summed E-state index contributed by atoms with van der Waals surface area (Å²) < 4.78 is 0. The Morgan fingerprint density at radius 3 is 3.09 bits per heavy atom. The minimum Gasteiger partial charge on any atom is -0.382 e. The SMILES string of the molecule is Nc1nc(S)nc2nc[nH]c12. The summed E-state index contributed by atoms with van der Waals surface area (Å²) in [6, 6.07) is 0. The van der Waals surface area contributed by atoms with E-state index in [9.17, 15) is 0 Å². The minimum absolute atomic E-state index is 0.335. The molecule has 0 aliphatic heterocycles. The van der Waals surface area contributed by atoms with Crippen LogP contribution in [-0.4, -0.2) is 19.9 Å². The summed E-state index contributed by atoms with van der Waals surface area (Å²) in [5, 5.41) is 0.335. The third kappa shape index (κ3) is 0.911. The fourth-order valence-corrected chi connectivity index (χ4v) is 1.05. The van der Waals surface area contributed by atoms with Crippen molar-refractivity contribution in [3.63, 3.8) is 0 Å². The van der Waals surface area contributed by atoms with Crippen molar-refractivity contribution in [1.29, 1.82) is 0 Å². The maximum atomic E-state index is 5.53. The van der Waals surface area contributed by atoms with Gasteiger partial charge in [0.25, 0.3) is 0 Å². The largest absolute Gasteiger partial charge is 0.382 e. The van der Waals surface area contributed by atoms with Gasteiger partial charge in [-0.25, -0.2) is 15.0 Å². The average Bonchev–Trinajstić information content (AvgIpc) is 2.34. The number of anilines is 1. The molecule has 0 aliphatic carbocycles. The number of hydrogen-bond donors (Lipinski definition) is 3. The Kier molecular flexibility index (Phi) is 1.22. The van der Waals surface area contributed by atoms with Crippen LogP contribution >= 0.6 is 12.6 Å². The van der Waals surface area contributed by atoms with Crippen molar-refractivity contribution in [3.8, 4) is 0 Å². The number of thiol groups is 1. The van der Waals surface area contributed by atoms with Gasteiger partial charge in [-0.15, -0.1) is 12.6 Å². The van der Waals surface area contributed by atoms with Gasteiger partial charge in [0.2, 0.25) is 0 Å². The molecule has 2 aromatic rings. The van der Waals surface area contributed by atoms with Gasteiger partial charge in [0, 0.05) is 0 Å². The molecule has 0 unspecified atom stereocenters. The Morgan fingerprint density at radius 1 is 1.45 bits per heavy atom. The average molecular weight is 167 g/mol. The smallest absolute Gasteiger partial charge is 0.188 e. The molecule has 0 amide bonds. The second-order valence-electron chi connectivity index (χ2n) is 2.01. The molecule has 0 bridgehead atoms. The molecule has 0 fully saturated rings. The number of fused-ring (bicyclic) bond motifs is 1. The zero-order valence-electron chi connectivity index (χ0n) is 5.44. The van der Waals surface area contributed by atoms with E-state index in [4.69, 9.17) is 5.73 Å². The number of aromatic amines is 1. The van der Waals surface area contributed by atoms with Gasteiger partial charge in [0.15, 0.2) is 16.6 Å². The van der Waals surface area contributed by atoms with Gasteiger partial charge in [-0.3, -0.25) is 0 Å². The van der Waals surface area contributed by atoms with E-state index < -0.39 is 0 Å². The Morgan fingerprint density at radius 2 is 2.27 bits per heavy atom. The lowest BCUT2D eigenvalue weighted by molar-refractivity contribution is 1.01. The van der Waals surface area contributed by atoms with E-state index in [0.717, 1.165) is 0 Å². The number of aromatic nitrogens is 4. The molecule has 11 heavy (non-hydrogen) atoms. The quantitative estimate of drug-likeness (QED) is 0.387. The van der Waals surface area contributed by atoms with Crippen LogP contribution in [0.3, 0.4) is 0 Å². The van der Waals surface area contributed by atoms with Crippen LogP contribution < -0.4 is 5.73 Å². The number of imidazole rings is 1. The Labute approximate surface area is 67.5 Å². The van der Waals surface area contributed by atoms with Crippen molar-refractivity contribution in [2.75, 3.05) is 5.73 Å². The zero-order valence-corrected chi connectivity index (χ0v) is 6.34. The van der Waals surface area contributed by atoms with Crippen LogP contribution in [0.2, 0.25) is 0 Å². The van der Waals surface area contributed by atoms with Crippen LogP contribution in [0.15, 0.2) is 11.5 Å². The molecular formula is C5H5N5S. The van der Waals surface area contributed by atoms with Crippen molar-refractivity contribution in [2.45, 2.75) is 5.16 Å². The van der Waals surface area contributed by atoms with E-state index in [1.165, 1.54) is 6.33 Å². The summed E-state index contributed by atoms with van der Waals surface area (Å²) in [6.45, 7) is 0. The first-order valence-corrected chi connectivity index (χ1v) is 3.37. The molecule has 0 aliphatic rings. The zero-order chi connectivity index (χ0) is 7.84. The lowest BCUT2D eigenvalue weighted by atomic mass is 10.5. The van der Waals surface area contributed by atoms with Gasteiger partial charge in [0.05, 0.1) is 6.33 Å². The van der Waals surface area contributed by atoms with Crippen molar-refractivity contribution < 1.29 is 0 Å². The fraction of sp³-hybridized carbons (Fsp3) is 0. The highest BCUT2D eigenvalue weighted by atomic mass is 32.1. The van der Waals surface area contributed by atoms with E-state index in [1.807, 2.05) is 0 Å². The molecule has 0 atom stereocenters. The first-order chi connectivity index (χ1) is 5.27. The summed E-state index contributed by atoms with van der Waals surface area (Å²) in [5.41, 5.74) is 6.73. The number of H-pyrrole nitrogens is 1. The van der Waals surface area contributed by atoms with Gasteiger partial charge in [-0.05, 0) is 0 Å². The number of nitrogen functional groups attached to an aromatic ring is 1. The first-order valence-electron chi connectivity index (χ1n) is 2.93. The molecule has 3 N–H and O–H groups in total. The molecule has 0 aromatic carbocycles. The molecule has 0 spiro atoms. The lowest BCUT2D eigenvalue weighted by Crippen LogP contribution is -1.94. The van der Waals surface area contributed by atoms with E-state index in [2.05, 4.69) is 32.6 Å². The predicted octanol–water partition coefficient (Wildman–Crippen LogP) is 0.224. The highest BCUT2D eigenvalue weighted by Gasteiger charge is 2.03. The van der Waals surface area contributed by atoms with E-state index >= 15 is 0 Å². The van der Waals surface area contributed by atoms with E-state index in [0.29, 0.717) is 22.1 Å². The van der Waals surface area contributed by atoms with Crippen LogP contribution in [0, 0.1) is 0 Å². The molecule has 5 nitrogen and oxygen atoms in total. The van der Waals surface area contributed by atoms with Crippen LogP contribution in [0.5, 0.6) is 0 Å². The number of nitrogens with one attached hydrogen (secondary N) is 1. The Bertz CT molecular complexity index is 395. The summed E-state index contributed by atoms with van der Waals surface area (Å²) in [4.78, 5) is 14.5. The van der Waals surface area contributed by atoms with Crippen molar-refractivity contribution in [3.05, 3.63) is 6.33 Å². The third-order valence-corrected chi connectivity index (χ3v) is 1.50. The fourth-order valence-electron chi connectivity index (χ4n) is 0.844. The molecule has 6 heteroatoms. The van der Waals surface area contributed by atoms with Crippen molar-refractivity contribution in [2.24, 2.45) is 0 Å². The van der Waals surface area contributed by atoms with Crippen molar-refractivity contribution >= 4 is 29.6 Å². The standard InChI is InChI=1S/C5H5N5S/c6-3-2-4(8-1-7-2)10-5(11)9-3/h1H,(H4,6,7,8,9,10,11). The normalized spacial score (nSPS) is 10.6. The van der Waals surface area contributed by atoms with Crippen molar-refractivity contribution in [1.82, 2.24) is 19.9 Å². The number of nitrogens with zero attached hydrogens (tertiary/aromatic N) is 3. The summed E-state index contributed by atoms with van der Waals surface area (Å²) in [7, 11) is 0. The number of nitrogens with two attached hydrogens (primary N) is 1. The first kappa shape index (κ1) is 6.41. The Hall–Kier alpha value is -1.30. The van der Waals surface area contributed by atoms with Gasteiger partial charge < -0.3 is 10.7 Å². The summed E-state index contributed by atoms with van der Waals surface area (Å²) in [5.74, 6) is 0.373.